The molecule has 1 aliphatic rings. The fourth-order valence-electron chi connectivity index (χ4n) is 2.82. The minimum Gasteiger partial charge on any atom is -0.394 e. The third kappa shape index (κ3) is 3.22. The lowest BCUT2D eigenvalue weighted by Gasteiger charge is -2.29. The first-order valence-corrected chi connectivity index (χ1v) is 7.41. The van der Waals surface area contributed by atoms with Crippen LogP contribution in [0.2, 0.25) is 5.02 Å². The van der Waals surface area contributed by atoms with Crippen LogP contribution in [0.1, 0.15) is 25.8 Å². The molecular weight excluding hydrogens is 260 g/mol. The average molecular weight is 283 g/mol. The van der Waals surface area contributed by atoms with Gasteiger partial charge in [-0.3, -0.25) is 0 Å². The molecule has 0 saturated carbocycles. The van der Waals surface area contributed by atoms with Crippen molar-refractivity contribution in [1.29, 1.82) is 0 Å². The van der Waals surface area contributed by atoms with Crippen LogP contribution in [0, 0.1) is 5.92 Å². The summed E-state index contributed by atoms with van der Waals surface area (Å²) in [7, 11) is 0. The molecule has 2 unspecified atom stereocenters. The molecule has 1 aromatic carbocycles. The predicted molar refractivity (Wildman–Crippen MR) is 80.8 cm³/mol. The number of hydrogen-bond donors (Lipinski definition) is 2. The van der Waals surface area contributed by atoms with Crippen LogP contribution in [0.3, 0.4) is 0 Å². The average Bonchev–Trinajstić information content (AvgIpc) is 2.77. The summed E-state index contributed by atoms with van der Waals surface area (Å²) in [5, 5.41) is 13.7. The first kappa shape index (κ1) is 14.6. The van der Waals surface area contributed by atoms with Crippen molar-refractivity contribution in [2.45, 2.75) is 32.9 Å². The van der Waals surface area contributed by atoms with Crippen molar-refractivity contribution in [3.63, 3.8) is 0 Å². The van der Waals surface area contributed by atoms with Gasteiger partial charge in [-0.05, 0) is 42.6 Å². The van der Waals surface area contributed by atoms with E-state index in [1.54, 1.807) is 0 Å². The first-order chi connectivity index (χ1) is 9.17. The summed E-state index contributed by atoms with van der Waals surface area (Å²) in [4.78, 5) is 2.33. The largest absolute Gasteiger partial charge is 0.394 e. The van der Waals surface area contributed by atoms with Crippen LogP contribution >= 0.6 is 11.6 Å². The molecule has 2 N–H and O–H groups in total. The van der Waals surface area contributed by atoms with Gasteiger partial charge in [-0.2, -0.15) is 0 Å². The Balaban J connectivity index is 2.27. The molecule has 106 valence electrons. The van der Waals surface area contributed by atoms with Gasteiger partial charge in [0.25, 0.3) is 0 Å². The maximum Gasteiger partial charge on any atom is 0.0637 e. The Morgan fingerprint density at radius 3 is 2.95 bits per heavy atom. The summed E-state index contributed by atoms with van der Waals surface area (Å²) in [5.74, 6) is 0.535. The van der Waals surface area contributed by atoms with Crippen molar-refractivity contribution < 1.29 is 5.11 Å². The van der Waals surface area contributed by atoms with Crippen LogP contribution < -0.4 is 10.2 Å². The highest BCUT2D eigenvalue weighted by atomic mass is 35.5. The van der Waals surface area contributed by atoms with Gasteiger partial charge in [-0.1, -0.05) is 25.4 Å². The molecule has 0 aromatic heterocycles. The zero-order valence-corrected chi connectivity index (χ0v) is 12.5. The molecule has 1 fully saturated rings. The lowest BCUT2D eigenvalue weighted by atomic mass is 10.0. The van der Waals surface area contributed by atoms with Crippen molar-refractivity contribution in [3.8, 4) is 0 Å². The number of benzene rings is 1. The third-order valence-electron chi connectivity index (χ3n) is 3.99. The summed E-state index contributed by atoms with van der Waals surface area (Å²) >= 11 is 6.11. The quantitative estimate of drug-likeness (QED) is 0.872. The molecule has 0 aliphatic carbocycles. The second-order valence-corrected chi connectivity index (χ2v) is 5.70. The number of aliphatic hydroxyl groups is 1. The predicted octanol–water partition coefficient (Wildman–Crippen LogP) is 2.66. The maximum absolute atomic E-state index is 9.61. The molecule has 3 nitrogen and oxygen atoms in total. The molecule has 1 saturated heterocycles. The highest BCUT2D eigenvalue weighted by molar-refractivity contribution is 6.30. The van der Waals surface area contributed by atoms with Crippen LogP contribution in [0.15, 0.2) is 18.2 Å². The molecule has 19 heavy (non-hydrogen) atoms. The van der Waals surface area contributed by atoms with Crippen LogP contribution in [0.25, 0.3) is 0 Å². The molecule has 0 amide bonds. The van der Waals surface area contributed by atoms with Crippen LogP contribution in [-0.4, -0.2) is 30.8 Å². The Morgan fingerprint density at radius 2 is 2.26 bits per heavy atom. The maximum atomic E-state index is 9.61. The number of aliphatic hydroxyl groups excluding tert-OH is 1. The minimum atomic E-state index is 0.213. The number of rotatable bonds is 5. The molecular formula is C15H23ClN2O. The second-order valence-electron chi connectivity index (χ2n) is 5.26. The fraction of sp³-hybridized carbons (Fsp3) is 0.600. The molecule has 2 atom stereocenters. The normalized spacial score (nSPS) is 23.1. The van der Waals surface area contributed by atoms with Crippen molar-refractivity contribution in [2.75, 3.05) is 24.6 Å². The third-order valence-corrected chi connectivity index (χ3v) is 4.22. The number of hydrogen-bond acceptors (Lipinski definition) is 3. The van der Waals surface area contributed by atoms with Crippen molar-refractivity contribution >= 4 is 17.3 Å². The Morgan fingerprint density at radius 1 is 1.47 bits per heavy atom. The van der Waals surface area contributed by atoms with E-state index in [4.69, 9.17) is 11.6 Å². The smallest absolute Gasteiger partial charge is 0.0637 e. The SMILES string of the molecule is CCNCc1cc(Cl)ccc1N1CCC(C)C1CO. The van der Waals surface area contributed by atoms with Gasteiger partial charge >= 0.3 is 0 Å². The van der Waals surface area contributed by atoms with E-state index in [1.807, 2.05) is 12.1 Å². The number of halogens is 1. The van der Waals surface area contributed by atoms with E-state index in [9.17, 15) is 5.11 Å². The van der Waals surface area contributed by atoms with Crippen LogP contribution in [0.5, 0.6) is 0 Å². The topological polar surface area (TPSA) is 35.5 Å². The van der Waals surface area contributed by atoms with E-state index in [-0.39, 0.29) is 12.6 Å². The standard InChI is InChI=1S/C15H23ClN2O/c1-3-17-9-12-8-13(16)4-5-14(12)18-7-6-11(2)15(18)10-19/h4-5,8,11,15,17,19H,3,6-7,9-10H2,1-2H3. The van der Waals surface area contributed by atoms with Crippen LogP contribution in [-0.2, 0) is 6.54 Å². The van der Waals surface area contributed by atoms with Gasteiger partial charge in [-0.15, -0.1) is 0 Å². The summed E-state index contributed by atoms with van der Waals surface area (Å²) in [6, 6.07) is 6.26. The second kappa shape index (κ2) is 6.60. The molecule has 2 rings (SSSR count). The summed E-state index contributed by atoms with van der Waals surface area (Å²) < 4.78 is 0. The van der Waals surface area contributed by atoms with Crippen molar-refractivity contribution in [1.82, 2.24) is 5.32 Å². The molecule has 0 spiro atoms. The van der Waals surface area contributed by atoms with E-state index in [1.165, 1.54) is 11.3 Å². The van der Waals surface area contributed by atoms with E-state index in [0.717, 1.165) is 31.1 Å². The Bertz CT molecular complexity index is 425. The lowest BCUT2D eigenvalue weighted by molar-refractivity contribution is 0.244. The zero-order chi connectivity index (χ0) is 13.8. The fourth-order valence-corrected chi connectivity index (χ4v) is 3.02. The van der Waals surface area contributed by atoms with E-state index in [2.05, 4.69) is 30.1 Å². The first-order valence-electron chi connectivity index (χ1n) is 7.04. The Hall–Kier alpha value is -0.770. The van der Waals surface area contributed by atoms with Gasteiger partial charge in [-0.25, -0.2) is 0 Å². The van der Waals surface area contributed by atoms with Gasteiger partial charge < -0.3 is 15.3 Å². The van der Waals surface area contributed by atoms with Gasteiger partial charge in [0.2, 0.25) is 0 Å². The molecule has 0 bridgehead atoms. The Kier molecular flexibility index (Phi) is 5.08. The molecule has 1 aliphatic heterocycles. The number of nitrogens with zero attached hydrogens (tertiary/aromatic N) is 1. The van der Waals surface area contributed by atoms with E-state index < -0.39 is 0 Å². The molecule has 0 radical (unpaired) electrons. The minimum absolute atomic E-state index is 0.213. The van der Waals surface area contributed by atoms with E-state index in [0.29, 0.717) is 5.92 Å². The lowest BCUT2D eigenvalue weighted by Crippen LogP contribution is -2.36. The summed E-state index contributed by atoms with van der Waals surface area (Å²) in [5.41, 5.74) is 2.41. The van der Waals surface area contributed by atoms with Gasteiger partial charge in [0.15, 0.2) is 0 Å². The molecule has 4 heteroatoms. The summed E-state index contributed by atoms with van der Waals surface area (Å²) in [6.07, 6.45) is 1.13. The van der Waals surface area contributed by atoms with E-state index >= 15 is 0 Å². The Labute approximate surface area is 120 Å². The van der Waals surface area contributed by atoms with Crippen molar-refractivity contribution in [2.24, 2.45) is 5.92 Å². The summed E-state index contributed by atoms with van der Waals surface area (Å²) in [6.45, 7) is 7.28. The number of anilines is 1. The van der Waals surface area contributed by atoms with Gasteiger partial charge in [0.1, 0.15) is 0 Å². The molecule has 1 heterocycles. The van der Waals surface area contributed by atoms with Gasteiger partial charge in [0.05, 0.1) is 12.6 Å². The molecule has 1 aromatic rings. The highest BCUT2D eigenvalue weighted by Gasteiger charge is 2.31. The highest BCUT2D eigenvalue weighted by Crippen LogP contribution is 2.33. The monoisotopic (exact) mass is 282 g/mol. The zero-order valence-electron chi connectivity index (χ0n) is 11.7. The van der Waals surface area contributed by atoms with Gasteiger partial charge in [0, 0.05) is 23.8 Å². The van der Waals surface area contributed by atoms with Crippen LogP contribution in [0.4, 0.5) is 5.69 Å². The van der Waals surface area contributed by atoms with Crippen molar-refractivity contribution in [3.05, 3.63) is 28.8 Å². The number of nitrogens with one attached hydrogen (secondary N) is 1.